The molecule has 2 amide bonds. The van der Waals surface area contributed by atoms with E-state index < -0.39 is 35.3 Å². The number of carbonyl (C=O) groups excluding carboxylic acids is 4. The molecule has 0 aliphatic carbocycles. The average Bonchev–Trinajstić information content (AvgIpc) is 3.36. The fraction of sp³-hybridized carbons (Fsp3) is 0.0357. The first-order chi connectivity index (χ1) is 35.6. The van der Waals surface area contributed by atoms with Crippen molar-refractivity contribution >= 4 is 126 Å². The maximum atomic E-state index is 13.8. The number of hydrogen-bond donors (Lipinski definition) is 4. The molecule has 9 aromatic carbocycles. The molecule has 0 radical (unpaired) electrons. The van der Waals surface area contributed by atoms with Crippen molar-refractivity contribution in [3.8, 4) is 23.0 Å². The second-order valence-corrected chi connectivity index (χ2v) is 18.3. The van der Waals surface area contributed by atoms with E-state index in [0.29, 0.717) is 75.5 Å². The summed E-state index contributed by atoms with van der Waals surface area (Å²) in [5, 5.41) is 49.6. The van der Waals surface area contributed by atoms with Gasteiger partial charge in [0.1, 0.15) is 22.9 Å². The number of phenolic OH excluding ortho intramolecular Hbond substituents is 2. The summed E-state index contributed by atoms with van der Waals surface area (Å²) in [7, 11) is 0. The van der Waals surface area contributed by atoms with Gasteiger partial charge in [0.2, 0.25) is 0 Å². The number of anilines is 2. The van der Waals surface area contributed by atoms with Crippen LogP contribution in [0.1, 0.15) is 52.6 Å². The number of aryl methyl sites for hydroxylation is 2. The van der Waals surface area contributed by atoms with Crippen molar-refractivity contribution < 1.29 is 38.9 Å². The van der Waals surface area contributed by atoms with Gasteiger partial charge in [0.25, 0.3) is 11.8 Å². The number of nitrogens with zero attached hydrogens (tertiary/aromatic N) is 4. The summed E-state index contributed by atoms with van der Waals surface area (Å²) in [5.41, 5.74) is 2.70. The molecule has 0 atom stereocenters. The van der Waals surface area contributed by atoms with E-state index in [0.717, 1.165) is 0 Å². The van der Waals surface area contributed by atoms with E-state index in [1.54, 1.807) is 111 Å². The molecule has 0 saturated carbocycles. The van der Waals surface area contributed by atoms with Crippen molar-refractivity contribution in [1.82, 2.24) is 0 Å². The maximum absolute atomic E-state index is 13.8. The second-order valence-electron chi connectivity index (χ2n) is 16.6. The Morgan fingerprint density at radius 1 is 0.446 bits per heavy atom. The summed E-state index contributed by atoms with van der Waals surface area (Å²) in [6.07, 6.45) is 0. The Morgan fingerprint density at radius 2 is 0.811 bits per heavy atom. The topological polar surface area (TPSA) is 201 Å². The maximum Gasteiger partial charge on any atom is 0.343 e. The number of rotatable bonds is 12. The smallest absolute Gasteiger partial charge is 0.343 e. The number of ether oxygens (including phenoxy) is 2. The summed E-state index contributed by atoms with van der Waals surface area (Å²) in [6, 6.07) is 41.5. The minimum Gasteiger partial charge on any atom is -0.505 e. The Kier molecular flexibility index (Phi) is 14.7. The lowest BCUT2D eigenvalue weighted by Gasteiger charge is -2.13. The first kappa shape index (κ1) is 50.3. The number of nitrogens with one attached hydrogen (secondary N) is 2. The zero-order chi connectivity index (χ0) is 52.2. The summed E-state index contributed by atoms with van der Waals surface area (Å²) < 4.78 is 11.0. The minimum absolute atomic E-state index is 0.0112. The number of carbonyl (C=O) groups is 4. The van der Waals surface area contributed by atoms with Gasteiger partial charge in [0.05, 0.1) is 33.6 Å². The number of benzene rings is 9. The van der Waals surface area contributed by atoms with Gasteiger partial charge in [-0.05, 0) is 133 Å². The molecule has 9 rings (SSSR count). The van der Waals surface area contributed by atoms with Crippen LogP contribution in [0.2, 0.25) is 20.1 Å². The molecule has 0 spiro atoms. The summed E-state index contributed by atoms with van der Waals surface area (Å²) >= 11 is 24.3. The van der Waals surface area contributed by atoms with Crippen LogP contribution < -0.4 is 20.1 Å². The van der Waals surface area contributed by atoms with Crippen molar-refractivity contribution in [2.75, 3.05) is 10.6 Å². The van der Waals surface area contributed by atoms with E-state index in [1.165, 1.54) is 60.7 Å². The van der Waals surface area contributed by atoms with Crippen LogP contribution in [-0.4, -0.2) is 34.0 Å². The van der Waals surface area contributed by atoms with Gasteiger partial charge in [-0.25, -0.2) is 9.59 Å². The van der Waals surface area contributed by atoms with Gasteiger partial charge in [0.15, 0.2) is 11.5 Å². The zero-order valence-electron chi connectivity index (χ0n) is 38.7. The third kappa shape index (κ3) is 11.3. The lowest BCUT2D eigenvalue weighted by molar-refractivity contribution is 0.0725. The first-order valence-electron chi connectivity index (χ1n) is 22.2. The number of azo groups is 2. The van der Waals surface area contributed by atoms with Crippen LogP contribution in [0.4, 0.5) is 34.1 Å². The van der Waals surface area contributed by atoms with Crippen molar-refractivity contribution in [2.45, 2.75) is 13.8 Å². The van der Waals surface area contributed by atoms with E-state index in [2.05, 4.69) is 31.1 Å². The molecule has 0 heterocycles. The van der Waals surface area contributed by atoms with Crippen LogP contribution in [0.25, 0.3) is 21.5 Å². The number of amides is 2. The number of aromatic hydroxyl groups is 2. The monoisotopic (exact) mass is 1060 g/mol. The van der Waals surface area contributed by atoms with Crippen LogP contribution in [0.5, 0.6) is 23.0 Å². The van der Waals surface area contributed by atoms with E-state index in [1.807, 2.05) is 0 Å². The zero-order valence-corrected chi connectivity index (χ0v) is 41.7. The van der Waals surface area contributed by atoms with Gasteiger partial charge in [-0.15, -0.1) is 10.2 Å². The molecule has 0 unspecified atom stereocenters. The highest BCUT2D eigenvalue weighted by Crippen LogP contribution is 2.42. The molecule has 0 aliphatic rings. The van der Waals surface area contributed by atoms with Gasteiger partial charge in [-0.2, -0.15) is 10.2 Å². The van der Waals surface area contributed by atoms with E-state index >= 15 is 0 Å². The average molecular weight is 1060 g/mol. The predicted octanol–water partition coefficient (Wildman–Crippen LogP) is 16.4. The highest BCUT2D eigenvalue weighted by molar-refractivity contribution is 6.35. The molecule has 0 aromatic heterocycles. The SMILES string of the molecule is Cc1ccc(C(=O)Oc2cc(Cl)cc(Cl)c2)cc1N=Nc1c(O)c(C(=O)Nc2ccc(NC(=O)c3cc4ccccc4c(N=Nc4cc(C(=O)Oc5cc(Cl)cc(Cl)c5)ccc4C)c3O)cc2)cc2ccccc12. The van der Waals surface area contributed by atoms with Crippen LogP contribution >= 0.6 is 46.4 Å². The van der Waals surface area contributed by atoms with Gasteiger partial charge in [-0.3, -0.25) is 9.59 Å². The lowest BCUT2D eigenvalue weighted by Crippen LogP contribution is -2.13. The molecule has 14 nitrogen and oxygen atoms in total. The molecule has 9 aromatic rings. The normalized spacial score (nSPS) is 11.3. The van der Waals surface area contributed by atoms with E-state index in [9.17, 15) is 29.4 Å². The van der Waals surface area contributed by atoms with E-state index in [-0.39, 0.29) is 45.1 Å². The fourth-order valence-electron chi connectivity index (χ4n) is 7.62. The lowest BCUT2D eigenvalue weighted by atomic mass is 10.0. The Balaban J connectivity index is 0.913. The third-order valence-electron chi connectivity index (χ3n) is 11.4. The number of phenols is 2. The number of fused-ring (bicyclic) bond motifs is 2. The summed E-state index contributed by atoms with van der Waals surface area (Å²) in [5.74, 6) is -3.31. The standard InChI is InChI=1S/C56H36Cl4N6O8/c1-29-11-13-33(55(71)73-41-25-35(57)23-36(58)26-41)21-47(29)63-65-49-43-9-5-3-7-31(43)19-45(51(49)67)53(69)61-39-15-17-40(18-16-39)62-54(70)46-20-32-8-4-6-10-44(32)50(52(46)68)66-64-48-22-34(14-12-30(48)2)56(72)74-42-27-37(59)24-38(60)28-42/h3-28,67-68H,1-2H3,(H,61,69)(H,62,70). The highest BCUT2D eigenvalue weighted by Gasteiger charge is 2.22. The molecule has 18 heteroatoms. The number of hydrogen-bond acceptors (Lipinski definition) is 12. The molecule has 4 N–H and O–H groups in total. The van der Waals surface area contributed by atoms with E-state index in [4.69, 9.17) is 55.9 Å². The third-order valence-corrected chi connectivity index (χ3v) is 12.3. The predicted molar refractivity (Wildman–Crippen MR) is 287 cm³/mol. The van der Waals surface area contributed by atoms with Crippen LogP contribution in [0, 0.1) is 13.8 Å². The van der Waals surface area contributed by atoms with Gasteiger partial charge in [-0.1, -0.05) is 107 Å². The van der Waals surface area contributed by atoms with Crippen molar-refractivity contribution in [3.63, 3.8) is 0 Å². The Morgan fingerprint density at radius 3 is 1.19 bits per heavy atom. The van der Waals surface area contributed by atoms with Gasteiger partial charge >= 0.3 is 11.9 Å². The van der Waals surface area contributed by atoms with Crippen LogP contribution in [0.3, 0.4) is 0 Å². The largest absolute Gasteiger partial charge is 0.505 e. The molecule has 0 saturated heterocycles. The minimum atomic E-state index is -0.693. The molecule has 0 fully saturated rings. The first-order valence-corrected chi connectivity index (χ1v) is 23.7. The summed E-state index contributed by atoms with van der Waals surface area (Å²) in [6.45, 7) is 3.54. The molecule has 74 heavy (non-hydrogen) atoms. The fourth-order valence-corrected chi connectivity index (χ4v) is 8.63. The molecular formula is C56H36Cl4N6O8. The van der Waals surface area contributed by atoms with Gasteiger partial charge in [0, 0.05) is 42.2 Å². The highest BCUT2D eigenvalue weighted by atomic mass is 35.5. The quantitative estimate of drug-likeness (QED) is 0.0526. The van der Waals surface area contributed by atoms with Crippen molar-refractivity contribution in [3.05, 3.63) is 211 Å². The number of halogens is 4. The van der Waals surface area contributed by atoms with Crippen molar-refractivity contribution in [2.24, 2.45) is 20.5 Å². The summed E-state index contributed by atoms with van der Waals surface area (Å²) in [4.78, 5) is 53.8. The number of esters is 2. The molecule has 0 aliphatic heterocycles. The second kappa shape index (κ2) is 21.6. The Bertz CT molecular complexity index is 3540. The van der Waals surface area contributed by atoms with Crippen LogP contribution in [0.15, 0.2) is 178 Å². The Hall–Kier alpha value is -8.66. The Labute approximate surface area is 441 Å². The molecule has 0 bridgehead atoms. The molecule has 366 valence electrons. The van der Waals surface area contributed by atoms with Crippen molar-refractivity contribution in [1.29, 1.82) is 0 Å². The molecular weight excluding hydrogens is 1030 g/mol. The van der Waals surface area contributed by atoms with Gasteiger partial charge < -0.3 is 30.3 Å². The van der Waals surface area contributed by atoms with Crippen LogP contribution in [-0.2, 0) is 0 Å².